The van der Waals surface area contributed by atoms with Gasteiger partial charge in [-0.2, -0.15) is 0 Å². The molecule has 1 unspecified atom stereocenters. The predicted molar refractivity (Wildman–Crippen MR) is 76.6 cm³/mol. The van der Waals surface area contributed by atoms with Crippen LogP contribution >= 0.6 is 15.9 Å². The number of hydrogen-bond acceptors (Lipinski definition) is 2. The highest BCUT2D eigenvalue weighted by molar-refractivity contribution is 9.10. The molecule has 0 amide bonds. The Morgan fingerprint density at radius 2 is 2.06 bits per heavy atom. The van der Waals surface area contributed by atoms with Crippen LogP contribution in [0.1, 0.15) is 33.1 Å². The minimum Gasteiger partial charge on any atom is -0.488 e. The van der Waals surface area contributed by atoms with E-state index in [-0.39, 0.29) is 6.10 Å². The second-order valence-corrected chi connectivity index (χ2v) is 5.12. The van der Waals surface area contributed by atoms with Gasteiger partial charge in [-0.05, 0) is 48.0 Å². The Bertz CT molecular complexity index is 317. The lowest BCUT2D eigenvalue weighted by molar-refractivity contribution is 0.216. The first-order valence-electron chi connectivity index (χ1n) is 6.36. The van der Waals surface area contributed by atoms with E-state index in [2.05, 4.69) is 35.1 Å². The van der Waals surface area contributed by atoms with Crippen molar-refractivity contribution < 1.29 is 4.74 Å². The van der Waals surface area contributed by atoms with E-state index in [1.807, 2.05) is 24.3 Å². The smallest absolute Gasteiger partial charge is 0.133 e. The lowest BCUT2D eigenvalue weighted by Gasteiger charge is -2.16. The standard InChI is InChI=1S/C14H22BrNO/c1-3-4-7-10-16-11-12(2)17-14-9-6-5-8-13(14)15/h5-6,8-9,12,16H,3-4,7,10-11H2,1-2H3. The highest BCUT2D eigenvalue weighted by Crippen LogP contribution is 2.24. The Balaban J connectivity index is 2.21. The molecule has 0 radical (unpaired) electrons. The van der Waals surface area contributed by atoms with Gasteiger partial charge in [-0.25, -0.2) is 0 Å². The number of rotatable bonds is 8. The molecule has 0 bridgehead atoms. The summed E-state index contributed by atoms with van der Waals surface area (Å²) in [5.41, 5.74) is 0. The number of unbranched alkanes of at least 4 members (excludes halogenated alkanes) is 2. The van der Waals surface area contributed by atoms with Crippen LogP contribution in [0, 0.1) is 0 Å². The van der Waals surface area contributed by atoms with E-state index in [1.165, 1.54) is 19.3 Å². The molecule has 17 heavy (non-hydrogen) atoms. The molecule has 0 aliphatic heterocycles. The highest BCUT2D eigenvalue weighted by Gasteiger charge is 2.05. The molecule has 1 aromatic rings. The summed E-state index contributed by atoms with van der Waals surface area (Å²) in [6.07, 6.45) is 4.01. The Hall–Kier alpha value is -0.540. The average molecular weight is 300 g/mol. The van der Waals surface area contributed by atoms with Gasteiger partial charge < -0.3 is 10.1 Å². The fourth-order valence-electron chi connectivity index (χ4n) is 1.60. The molecular formula is C14H22BrNO. The zero-order valence-electron chi connectivity index (χ0n) is 10.7. The third-order valence-electron chi connectivity index (χ3n) is 2.55. The van der Waals surface area contributed by atoms with E-state index in [1.54, 1.807) is 0 Å². The molecule has 96 valence electrons. The third-order valence-corrected chi connectivity index (χ3v) is 3.21. The molecule has 0 aliphatic carbocycles. The first kappa shape index (κ1) is 14.5. The Kier molecular flexibility index (Phi) is 7.29. The van der Waals surface area contributed by atoms with E-state index in [9.17, 15) is 0 Å². The maximum atomic E-state index is 5.84. The number of para-hydroxylation sites is 1. The van der Waals surface area contributed by atoms with Crippen LogP contribution in [-0.4, -0.2) is 19.2 Å². The van der Waals surface area contributed by atoms with Crippen LogP contribution in [-0.2, 0) is 0 Å². The van der Waals surface area contributed by atoms with Crippen LogP contribution < -0.4 is 10.1 Å². The minimum absolute atomic E-state index is 0.190. The van der Waals surface area contributed by atoms with Gasteiger partial charge in [0.2, 0.25) is 0 Å². The van der Waals surface area contributed by atoms with Crippen molar-refractivity contribution in [3.8, 4) is 5.75 Å². The molecular weight excluding hydrogens is 278 g/mol. The van der Waals surface area contributed by atoms with Gasteiger partial charge in [0, 0.05) is 6.54 Å². The van der Waals surface area contributed by atoms with Crippen molar-refractivity contribution in [1.82, 2.24) is 5.32 Å². The normalized spacial score (nSPS) is 12.4. The van der Waals surface area contributed by atoms with Crippen molar-refractivity contribution in [2.75, 3.05) is 13.1 Å². The monoisotopic (exact) mass is 299 g/mol. The predicted octanol–water partition coefficient (Wildman–Crippen LogP) is 4.00. The van der Waals surface area contributed by atoms with Crippen molar-refractivity contribution in [3.63, 3.8) is 0 Å². The van der Waals surface area contributed by atoms with Crippen LogP contribution in [0.2, 0.25) is 0 Å². The summed E-state index contributed by atoms with van der Waals surface area (Å²) in [7, 11) is 0. The molecule has 0 aliphatic rings. The fraction of sp³-hybridized carbons (Fsp3) is 0.571. The number of halogens is 1. The van der Waals surface area contributed by atoms with E-state index in [0.717, 1.165) is 23.3 Å². The lowest BCUT2D eigenvalue weighted by atomic mass is 10.2. The van der Waals surface area contributed by atoms with Crippen LogP contribution in [0.3, 0.4) is 0 Å². The van der Waals surface area contributed by atoms with Gasteiger partial charge in [0.25, 0.3) is 0 Å². The second-order valence-electron chi connectivity index (χ2n) is 4.27. The quantitative estimate of drug-likeness (QED) is 0.733. The summed E-state index contributed by atoms with van der Waals surface area (Å²) in [6.45, 7) is 6.29. The molecule has 0 fully saturated rings. The molecule has 2 nitrogen and oxygen atoms in total. The maximum absolute atomic E-state index is 5.84. The molecule has 0 saturated carbocycles. The molecule has 0 heterocycles. The molecule has 1 atom stereocenters. The molecule has 0 aromatic heterocycles. The number of ether oxygens (including phenoxy) is 1. The Labute approximate surface area is 113 Å². The fourth-order valence-corrected chi connectivity index (χ4v) is 1.98. The van der Waals surface area contributed by atoms with Crippen molar-refractivity contribution >= 4 is 15.9 Å². The van der Waals surface area contributed by atoms with Gasteiger partial charge in [-0.3, -0.25) is 0 Å². The summed E-state index contributed by atoms with van der Waals surface area (Å²) >= 11 is 3.48. The Morgan fingerprint density at radius 3 is 2.76 bits per heavy atom. The average Bonchev–Trinajstić information content (AvgIpc) is 2.32. The summed E-state index contributed by atoms with van der Waals surface area (Å²) in [4.78, 5) is 0. The van der Waals surface area contributed by atoms with Crippen molar-refractivity contribution in [1.29, 1.82) is 0 Å². The SMILES string of the molecule is CCCCCNCC(C)Oc1ccccc1Br. The molecule has 3 heteroatoms. The molecule has 1 rings (SSSR count). The van der Waals surface area contributed by atoms with Crippen molar-refractivity contribution in [3.05, 3.63) is 28.7 Å². The van der Waals surface area contributed by atoms with Gasteiger partial charge in [0.1, 0.15) is 11.9 Å². The summed E-state index contributed by atoms with van der Waals surface area (Å²) < 4.78 is 6.85. The molecule has 1 N–H and O–H groups in total. The van der Waals surface area contributed by atoms with Crippen LogP contribution in [0.4, 0.5) is 0 Å². The number of nitrogens with one attached hydrogen (secondary N) is 1. The van der Waals surface area contributed by atoms with Gasteiger partial charge in [-0.15, -0.1) is 0 Å². The van der Waals surface area contributed by atoms with E-state index in [4.69, 9.17) is 4.74 Å². The van der Waals surface area contributed by atoms with Gasteiger partial charge in [0.05, 0.1) is 4.47 Å². The molecule has 1 aromatic carbocycles. The largest absolute Gasteiger partial charge is 0.488 e. The van der Waals surface area contributed by atoms with Crippen LogP contribution in [0.5, 0.6) is 5.75 Å². The number of hydrogen-bond donors (Lipinski definition) is 1. The maximum Gasteiger partial charge on any atom is 0.133 e. The van der Waals surface area contributed by atoms with E-state index < -0.39 is 0 Å². The topological polar surface area (TPSA) is 21.3 Å². The van der Waals surface area contributed by atoms with E-state index >= 15 is 0 Å². The summed E-state index contributed by atoms with van der Waals surface area (Å²) in [6, 6.07) is 7.96. The van der Waals surface area contributed by atoms with Crippen LogP contribution in [0.25, 0.3) is 0 Å². The van der Waals surface area contributed by atoms with Gasteiger partial charge in [-0.1, -0.05) is 31.9 Å². The van der Waals surface area contributed by atoms with Crippen molar-refractivity contribution in [2.45, 2.75) is 39.2 Å². The molecule has 0 spiro atoms. The summed E-state index contributed by atoms with van der Waals surface area (Å²) in [5, 5.41) is 3.42. The summed E-state index contributed by atoms with van der Waals surface area (Å²) in [5.74, 6) is 0.912. The lowest BCUT2D eigenvalue weighted by Crippen LogP contribution is -2.29. The van der Waals surface area contributed by atoms with E-state index in [0.29, 0.717) is 0 Å². The van der Waals surface area contributed by atoms with Gasteiger partial charge >= 0.3 is 0 Å². The first-order chi connectivity index (χ1) is 8.24. The second kappa shape index (κ2) is 8.54. The van der Waals surface area contributed by atoms with Gasteiger partial charge in [0.15, 0.2) is 0 Å². The van der Waals surface area contributed by atoms with Crippen LogP contribution in [0.15, 0.2) is 28.7 Å². The zero-order valence-corrected chi connectivity index (χ0v) is 12.3. The van der Waals surface area contributed by atoms with Crippen molar-refractivity contribution in [2.24, 2.45) is 0 Å². The molecule has 0 saturated heterocycles. The Morgan fingerprint density at radius 1 is 1.29 bits per heavy atom. The first-order valence-corrected chi connectivity index (χ1v) is 7.15. The zero-order chi connectivity index (χ0) is 12.5. The number of benzene rings is 1. The third kappa shape index (κ3) is 6.08. The minimum atomic E-state index is 0.190. The highest BCUT2D eigenvalue weighted by atomic mass is 79.9.